The van der Waals surface area contributed by atoms with Crippen molar-refractivity contribution in [1.29, 1.82) is 0 Å². The van der Waals surface area contributed by atoms with Crippen molar-refractivity contribution in [2.75, 3.05) is 5.32 Å². The van der Waals surface area contributed by atoms with Crippen LogP contribution in [0.25, 0.3) is 0 Å². The van der Waals surface area contributed by atoms with Crippen LogP contribution in [-0.4, -0.2) is 14.3 Å². The number of hydrogen-bond acceptors (Lipinski definition) is 3. The summed E-state index contributed by atoms with van der Waals surface area (Å²) in [7, 11) is -3.70. The molecule has 2 aromatic rings. The predicted molar refractivity (Wildman–Crippen MR) is 103 cm³/mol. The molecule has 1 aliphatic heterocycles. The standard InChI is InChI=1S/C19H19BrN2O3S/c20-15-11-16-14(8-9-18(23)21-16)10-17(15)26(24,25)22-19(13-6-7-13)12-4-2-1-3-5-12/h1-5,10-11,13,19,22H,6-9H2,(H,21,23)/t19-/m1/s1. The van der Waals surface area contributed by atoms with Crippen LogP contribution in [0, 0.1) is 5.92 Å². The van der Waals surface area contributed by atoms with Gasteiger partial charge in [0.1, 0.15) is 0 Å². The molecule has 0 unspecified atom stereocenters. The molecule has 4 rings (SSSR count). The Bertz CT molecular complexity index is 956. The SMILES string of the molecule is O=C1CCc2cc(S(=O)(=O)N[C@H](c3ccccc3)C3CC3)c(Br)cc2N1. The molecule has 136 valence electrons. The quantitative estimate of drug-likeness (QED) is 0.751. The van der Waals surface area contributed by atoms with Crippen LogP contribution in [0.15, 0.2) is 51.8 Å². The van der Waals surface area contributed by atoms with E-state index in [0.29, 0.717) is 28.9 Å². The van der Waals surface area contributed by atoms with Gasteiger partial charge in [-0.15, -0.1) is 0 Å². The van der Waals surface area contributed by atoms with Crippen molar-refractivity contribution in [3.8, 4) is 0 Å². The maximum Gasteiger partial charge on any atom is 0.242 e. The maximum absolute atomic E-state index is 13.1. The molecule has 26 heavy (non-hydrogen) atoms. The second-order valence-electron chi connectivity index (χ2n) is 6.84. The van der Waals surface area contributed by atoms with Crippen LogP contribution in [0.5, 0.6) is 0 Å². The highest BCUT2D eigenvalue weighted by molar-refractivity contribution is 9.10. The van der Waals surface area contributed by atoms with Crippen LogP contribution in [0.4, 0.5) is 5.69 Å². The summed E-state index contributed by atoms with van der Waals surface area (Å²) in [5.41, 5.74) is 2.50. The van der Waals surface area contributed by atoms with Crippen molar-refractivity contribution < 1.29 is 13.2 Å². The van der Waals surface area contributed by atoms with Gasteiger partial charge in [-0.05, 0) is 64.4 Å². The third kappa shape index (κ3) is 3.56. The first-order valence-corrected chi connectivity index (χ1v) is 10.9. The Balaban J connectivity index is 1.67. The molecular formula is C19H19BrN2O3S. The van der Waals surface area contributed by atoms with Gasteiger partial charge in [0, 0.05) is 22.6 Å². The van der Waals surface area contributed by atoms with E-state index >= 15 is 0 Å². The Hall–Kier alpha value is -1.70. The van der Waals surface area contributed by atoms with Crippen molar-refractivity contribution in [3.05, 3.63) is 58.1 Å². The average Bonchev–Trinajstić information content (AvgIpc) is 3.44. The molecule has 2 aromatic carbocycles. The first-order valence-electron chi connectivity index (χ1n) is 8.63. The van der Waals surface area contributed by atoms with E-state index in [4.69, 9.17) is 0 Å². The van der Waals surface area contributed by atoms with Gasteiger partial charge in [0.2, 0.25) is 15.9 Å². The number of anilines is 1. The fourth-order valence-electron chi connectivity index (χ4n) is 3.34. The molecule has 7 heteroatoms. The molecule has 2 N–H and O–H groups in total. The molecule has 1 heterocycles. The summed E-state index contributed by atoms with van der Waals surface area (Å²) >= 11 is 3.36. The maximum atomic E-state index is 13.1. The third-order valence-corrected chi connectivity index (χ3v) is 7.28. The highest BCUT2D eigenvalue weighted by Gasteiger charge is 2.36. The first-order chi connectivity index (χ1) is 12.4. The lowest BCUT2D eigenvalue weighted by Crippen LogP contribution is -2.30. The molecule has 1 saturated carbocycles. The van der Waals surface area contributed by atoms with Gasteiger partial charge in [-0.2, -0.15) is 0 Å². The number of fused-ring (bicyclic) bond motifs is 1. The molecule has 1 atom stereocenters. The van der Waals surface area contributed by atoms with Gasteiger partial charge < -0.3 is 5.32 Å². The number of carbonyl (C=O) groups is 1. The van der Waals surface area contributed by atoms with Crippen molar-refractivity contribution in [1.82, 2.24) is 4.72 Å². The Morgan fingerprint density at radius 2 is 1.85 bits per heavy atom. The van der Waals surface area contributed by atoms with E-state index in [-0.39, 0.29) is 16.8 Å². The van der Waals surface area contributed by atoms with Crippen molar-refractivity contribution in [2.45, 2.75) is 36.6 Å². The van der Waals surface area contributed by atoms with Crippen LogP contribution in [0.1, 0.15) is 36.4 Å². The van der Waals surface area contributed by atoms with Crippen LogP contribution in [-0.2, 0) is 21.2 Å². The molecule has 2 aliphatic rings. The van der Waals surface area contributed by atoms with E-state index in [1.165, 1.54) is 0 Å². The van der Waals surface area contributed by atoms with Gasteiger partial charge in [0.05, 0.1) is 4.90 Å². The minimum absolute atomic E-state index is 0.0454. The van der Waals surface area contributed by atoms with E-state index in [1.54, 1.807) is 12.1 Å². The number of benzene rings is 2. The Kier molecular flexibility index (Phi) is 4.62. The number of halogens is 1. The fourth-order valence-corrected chi connectivity index (χ4v) is 5.73. The molecule has 0 saturated heterocycles. The summed E-state index contributed by atoms with van der Waals surface area (Å²) < 4.78 is 29.5. The number of sulfonamides is 1. The summed E-state index contributed by atoms with van der Waals surface area (Å²) in [6.07, 6.45) is 2.97. The van der Waals surface area contributed by atoms with E-state index in [1.807, 2.05) is 30.3 Å². The van der Waals surface area contributed by atoms with Gasteiger partial charge in [-0.1, -0.05) is 30.3 Å². The highest BCUT2D eigenvalue weighted by Crippen LogP contribution is 2.42. The van der Waals surface area contributed by atoms with Gasteiger partial charge >= 0.3 is 0 Å². The lowest BCUT2D eigenvalue weighted by molar-refractivity contribution is -0.116. The van der Waals surface area contributed by atoms with Gasteiger partial charge in [0.25, 0.3) is 0 Å². The highest BCUT2D eigenvalue weighted by atomic mass is 79.9. The number of nitrogens with one attached hydrogen (secondary N) is 2. The Labute approximate surface area is 161 Å². The van der Waals surface area contributed by atoms with E-state index in [0.717, 1.165) is 24.0 Å². The molecule has 1 fully saturated rings. The molecule has 0 radical (unpaired) electrons. The summed E-state index contributed by atoms with van der Waals surface area (Å²) in [6, 6.07) is 12.8. The zero-order valence-electron chi connectivity index (χ0n) is 14.0. The minimum Gasteiger partial charge on any atom is -0.326 e. The third-order valence-electron chi connectivity index (χ3n) is 4.88. The average molecular weight is 435 g/mol. The largest absolute Gasteiger partial charge is 0.326 e. The van der Waals surface area contributed by atoms with Crippen LogP contribution in [0.3, 0.4) is 0 Å². The van der Waals surface area contributed by atoms with E-state index < -0.39 is 10.0 Å². The zero-order valence-corrected chi connectivity index (χ0v) is 16.4. The monoisotopic (exact) mass is 434 g/mol. The number of rotatable bonds is 5. The van der Waals surface area contributed by atoms with Gasteiger partial charge in [-0.25, -0.2) is 13.1 Å². The van der Waals surface area contributed by atoms with E-state index in [2.05, 4.69) is 26.0 Å². The van der Waals surface area contributed by atoms with Crippen molar-refractivity contribution in [2.24, 2.45) is 5.92 Å². The van der Waals surface area contributed by atoms with Gasteiger partial charge in [0.15, 0.2) is 0 Å². The molecule has 5 nitrogen and oxygen atoms in total. The van der Waals surface area contributed by atoms with Crippen molar-refractivity contribution in [3.63, 3.8) is 0 Å². The summed E-state index contributed by atoms with van der Waals surface area (Å²) in [4.78, 5) is 11.8. The number of carbonyl (C=O) groups excluding carboxylic acids is 1. The normalized spacial score (nSPS) is 18.1. The smallest absolute Gasteiger partial charge is 0.242 e. The predicted octanol–water partition coefficient (Wildman–Crippen LogP) is 3.76. The Morgan fingerprint density at radius 3 is 2.54 bits per heavy atom. The number of amides is 1. The van der Waals surface area contributed by atoms with Crippen LogP contribution >= 0.6 is 15.9 Å². The summed E-state index contributed by atoms with van der Waals surface area (Å²) in [5, 5.41) is 2.79. The molecule has 0 aromatic heterocycles. The number of hydrogen-bond donors (Lipinski definition) is 2. The Morgan fingerprint density at radius 1 is 1.12 bits per heavy atom. The molecule has 1 amide bonds. The first kappa shape index (κ1) is 17.7. The molecule has 0 spiro atoms. The topological polar surface area (TPSA) is 75.3 Å². The zero-order chi connectivity index (χ0) is 18.3. The summed E-state index contributed by atoms with van der Waals surface area (Å²) in [6.45, 7) is 0. The van der Waals surface area contributed by atoms with E-state index in [9.17, 15) is 13.2 Å². The lowest BCUT2D eigenvalue weighted by Gasteiger charge is -2.22. The van der Waals surface area contributed by atoms with Crippen LogP contribution in [0.2, 0.25) is 0 Å². The van der Waals surface area contributed by atoms with Gasteiger partial charge in [-0.3, -0.25) is 4.79 Å². The second-order valence-corrected chi connectivity index (χ2v) is 9.37. The fraction of sp³-hybridized carbons (Fsp3) is 0.316. The van der Waals surface area contributed by atoms with Crippen molar-refractivity contribution >= 4 is 37.5 Å². The minimum atomic E-state index is -3.70. The summed E-state index contributed by atoms with van der Waals surface area (Å²) in [5.74, 6) is 0.291. The number of aryl methyl sites for hydroxylation is 1. The molecular weight excluding hydrogens is 416 g/mol. The van der Waals surface area contributed by atoms with Crippen LogP contribution < -0.4 is 10.0 Å². The molecule has 0 bridgehead atoms. The molecule has 1 aliphatic carbocycles. The second kappa shape index (κ2) is 6.79. The lowest BCUT2D eigenvalue weighted by atomic mass is 10.0.